The molecular formula is C9H9Br2N5O2S. The summed E-state index contributed by atoms with van der Waals surface area (Å²) < 4.78 is 28.9. The molecule has 2 aromatic rings. The Bertz CT molecular complexity index is 700. The van der Waals surface area contributed by atoms with E-state index in [2.05, 4.69) is 51.5 Å². The molecule has 19 heavy (non-hydrogen) atoms. The molecule has 0 saturated heterocycles. The Morgan fingerprint density at radius 3 is 2.68 bits per heavy atom. The summed E-state index contributed by atoms with van der Waals surface area (Å²) in [7, 11) is -3.77. The molecule has 0 aliphatic heterocycles. The van der Waals surface area contributed by atoms with Crippen LogP contribution in [0.25, 0.3) is 0 Å². The molecule has 0 fully saturated rings. The summed E-state index contributed by atoms with van der Waals surface area (Å²) in [6, 6.07) is 0. The molecule has 10 heteroatoms. The zero-order chi connectivity index (χ0) is 14.0. The molecule has 7 nitrogen and oxygen atoms in total. The second-order valence-corrected chi connectivity index (χ2v) is 6.67. The van der Waals surface area contributed by atoms with E-state index in [4.69, 9.17) is 0 Å². The van der Waals surface area contributed by atoms with Crippen LogP contribution in [0.2, 0.25) is 0 Å². The molecule has 1 N–H and O–H groups in total. The van der Waals surface area contributed by atoms with Crippen molar-refractivity contribution in [2.45, 2.75) is 18.5 Å². The molecular weight excluding hydrogens is 402 g/mol. The van der Waals surface area contributed by atoms with Gasteiger partial charge in [0.05, 0.1) is 12.5 Å². The van der Waals surface area contributed by atoms with Crippen molar-refractivity contribution < 1.29 is 8.42 Å². The quantitative estimate of drug-likeness (QED) is 0.832. The number of nitrogens with one attached hydrogen (secondary N) is 1. The number of hydrogen-bond acceptors (Lipinski definition) is 5. The molecule has 2 rings (SSSR count). The van der Waals surface area contributed by atoms with Crippen LogP contribution in [0.5, 0.6) is 0 Å². The molecule has 0 radical (unpaired) electrons. The summed E-state index contributed by atoms with van der Waals surface area (Å²) in [6.45, 7) is 2.53. The summed E-state index contributed by atoms with van der Waals surface area (Å²) in [6.07, 6.45) is 4.30. The third-order valence-electron chi connectivity index (χ3n) is 2.18. The van der Waals surface area contributed by atoms with Gasteiger partial charge in [-0.15, -0.1) is 0 Å². The number of rotatable bonds is 4. The van der Waals surface area contributed by atoms with Gasteiger partial charge < -0.3 is 4.57 Å². The second kappa shape index (κ2) is 5.55. The van der Waals surface area contributed by atoms with Crippen LogP contribution in [0.15, 0.2) is 33.0 Å². The Balaban J connectivity index is 2.30. The number of sulfonamides is 1. The van der Waals surface area contributed by atoms with Gasteiger partial charge in [-0.1, -0.05) is 0 Å². The van der Waals surface area contributed by atoms with Gasteiger partial charge in [0, 0.05) is 12.7 Å². The van der Waals surface area contributed by atoms with Crippen LogP contribution >= 0.6 is 31.9 Å². The number of imidazole rings is 1. The van der Waals surface area contributed by atoms with Crippen LogP contribution < -0.4 is 4.72 Å². The smallest absolute Gasteiger partial charge is 0.282 e. The van der Waals surface area contributed by atoms with Gasteiger partial charge in [0.15, 0.2) is 15.4 Å². The normalized spacial score (nSPS) is 11.5. The van der Waals surface area contributed by atoms with Gasteiger partial charge in [-0.05, 0) is 38.8 Å². The minimum Gasteiger partial charge on any atom is -0.336 e. The number of halogens is 2. The lowest BCUT2D eigenvalue weighted by atomic mass is 10.7. The molecule has 2 aromatic heterocycles. The third kappa shape index (κ3) is 3.31. The topological polar surface area (TPSA) is 89.8 Å². The van der Waals surface area contributed by atoms with E-state index in [0.717, 1.165) is 0 Å². The van der Waals surface area contributed by atoms with Crippen LogP contribution in [0.1, 0.15) is 6.92 Å². The lowest BCUT2D eigenvalue weighted by molar-refractivity contribution is 0.597. The Morgan fingerprint density at radius 1 is 1.37 bits per heavy atom. The van der Waals surface area contributed by atoms with Crippen LogP contribution in [0, 0.1) is 0 Å². The SMILES string of the molecule is CCn1cnc(S(=O)(=O)Nc2ncc(Br)nc2Br)c1. The van der Waals surface area contributed by atoms with E-state index in [1.54, 1.807) is 4.57 Å². The lowest BCUT2D eigenvalue weighted by Crippen LogP contribution is -2.15. The van der Waals surface area contributed by atoms with Crippen LogP contribution in [0.3, 0.4) is 0 Å². The minimum atomic E-state index is -3.77. The molecule has 102 valence electrons. The van der Waals surface area contributed by atoms with Crippen LogP contribution in [0.4, 0.5) is 5.82 Å². The summed E-state index contributed by atoms with van der Waals surface area (Å²) in [5, 5.41) is -0.0639. The summed E-state index contributed by atoms with van der Waals surface area (Å²) >= 11 is 6.27. The zero-order valence-corrected chi connectivity index (χ0v) is 13.7. The number of anilines is 1. The van der Waals surface area contributed by atoms with Crippen molar-refractivity contribution in [3.63, 3.8) is 0 Å². The Morgan fingerprint density at radius 2 is 2.11 bits per heavy atom. The summed E-state index contributed by atoms with van der Waals surface area (Å²) in [5.41, 5.74) is 0. The van der Waals surface area contributed by atoms with E-state index in [1.807, 2.05) is 6.92 Å². The monoisotopic (exact) mass is 409 g/mol. The van der Waals surface area contributed by atoms with Crippen molar-refractivity contribution in [2.75, 3.05) is 4.72 Å². The maximum atomic E-state index is 12.1. The van der Waals surface area contributed by atoms with Crippen molar-refractivity contribution >= 4 is 47.7 Å². The standard InChI is InChI=1S/C9H9Br2N5O2S/c1-2-16-4-7(13-5-16)19(17,18)15-9-8(11)14-6(10)3-12-9/h3-5H,2H2,1H3,(H,12,15). The zero-order valence-electron chi connectivity index (χ0n) is 9.71. The van der Waals surface area contributed by atoms with Gasteiger partial charge in [0.2, 0.25) is 0 Å². The first kappa shape index (κ1) is 14.4. The van der Waals surface area contributed by atoms with Gasteiger partial charge in [-0.25, -0.2) is 15.0 Å². The predicted octanol–water partition coefficient (Wildman–Crippen LogP) is 2.02. The van der Waals surface area contributed by atoms with Gasteiger partial charge >= 0.3 is 0 Å². The Labute approximate surface area is 126 Å². The highest BCUT2D eigenvalue weighted by Crippen LogP contribution is 2.22. The van der Waals surface area contributed by atoms with Crippen molar-refractivity contribution in [1.29, 1.82) is 0 Å². The first-order valence-corrected chi connectivity index (χ1v) is 8.22. The number of nitrogens with zero attached hydrogens (tertiary/aromatic N) is 4. The van der Waals surface area contributed by atoms with Crippen LogP contribution in [-0.2, 0) is 16.6 Å². The number of hydrogen-bond donors (Lipinski definition) is 1. The average molecular weight is 411 g/mol. The van der Waals surface area contributed by atoms with Crippen molar-refractivity contribution in [3.8, 4) is 0 Å². The third-order valence-corrected chi connectivity index (χ3v) is 4.34. The molecule has 0 aromatic carbocycles. The van der Waals surface area contributed by atoms with Crippen LogP contribution in [-0.4, -0.2) is 27.9 Å². The van der Waals surface area contributed by atoms with Gasteiger partial charge in [0.1, 0.15) is 4.60 Å². The van der Waals surface area contributed by atoms with Gasteiger partial charge in [-0.2, -0.15) is 8.42 Å². The maximum absolute atomic E-state index is 12.1. The molecule has 0 atom stereocenters. The fourth-order valence-corrected chi connectivity index (χ4v) is 3.26. The minimum absolute atomic E-state index is 0.0639. The Kier molecular flexibility index (Phi) is 4.21. The summed E-state index contributed by atoms with van der Waals surface area (Å²) in [4.78, 5) is 11.8. The number of aryl methyl sites for hydroxylation is 1. The largest absolute Gasteiger partial charge is 0.336 e. The van der Waals surface area contributed by atoms with E-state index in [0.29, 0.717) is 15.8 Å². The van der Waals surface area contributed by atoms with Crippen molar-refractivity contribution in [2.24, 2.45) is 0 Å². The molecule has 0 unspecified atom stereocenters. The van der Waals surface area contributed by atoms with E-state index >= 15 is 0 Å². The fraction of sp³-hybridized carbons (Fsp3) is 0.222. The van der Waals surface area contributed by atoms with Crippen molar-refractivity contribution in [1.82, 2.24) is 19.5 Å². The first-order chi connectivity index (χ1) is 8.92. The van der Waals surface area contributed by atoms with Crippen molar-refractivity contribution in [3.05, 3.63) is 27.9 Å². The molecule has 0 amide bonds. The molecule has 2 heterocycles. The second-order valence-electron chi connectivity index (χ2n) is 3.48. The molecule has 0 aliphatic rings. The first-order valence-electron chi connectivity index (χ1n) is 5.15. The molecule has 0 spiro atoms. The van der Waals surface area contributed by atoms with Gasteiger partial charge in [-0.3, -0.25) is 4.72 Å². The maximum Gasteiger partial charge on any atom is 0.282 e. The van der Waals surface area contributed by atoms with E-state index < -0.39 is 10.0 Å². The van der Waals surface area contributed by atoms with E-state index in [1.165, 1.54) is 18.7 Å². The molecule has 0 bridgehead atoms. The summed E-state index contributed by atoms with van der Waals surface area (Å²) in [5.74, 6) is 0.106. The van der Waals surface area contributed by atoms with E-state index in [-0.39, 0.29) is 10.8 Å². The predicted molar refractivity (Wildman–Crippen MR) is 76.1 cm³/mol. The van der Waals surface area contributed by atoms with Gasteiger partial charge in [0.25, 0.3) is 10.0 Å². The molecule has 0 saturated carbocycles. The Hall–Kier alpha value is -1.00. The highest BCUT2D eigenvalue weighted by molar-refractivity contribution is 9.11. The van der Waals surface area contributed by atoms with E-state index in [9.17, 15) is 8.42 Å². The molecule has 0 aliphatic carbocycles. The highest BCUT2D eigenvalue weighted by Gasteiger charge is 2.19. The fourth-order valence-electron chi connectivity index (χ4n) is 1.25. The lowest BCUT2D eigenvalue weighted by Gasteiger charge is -2.06. The highest BCUT2D eigenvalue weighted by atomic mass is 79.9. The number of aromatic nitrogens is 4. The average Bonchev–Trinajstić information content (AvgIpc) is 2.82.